The summed E-state index contributed by atoms with van der Waals surface area (Å²) in [5.41, 5.74) is 3.22. The molecule has 0 aliphatic rings. The molecule has 25 heavy (non-hydrogen) atoms. The zero-order valence-electron chi connectivity index (χ0n) is 13.7. The fraction of sp³-hybridized carbons (Fsp3) is 0.167. The van der Waals surface area contributed by atoms with Crippen molar-refractivity contribution in [2.45, 2.75) is 17.8 Å². The Bertz CT molecular complexity index is 1060. The number of nitrogens with zero attached hydrogens (tertiary/aromatic N) is 4. The van der Waals surface area contributed by atoms with Crippen LogP contribution in [0.25, 0.3) is 22.4 Å². The van der Waals surface area contributed by atoms with Crippen LogP contribution in [0.5, 0.6) is 0 Å². The quantitative estimate of drug-likeness (QED) is 0.510. The molecule has 7 heteroatoms. The minimum absolute atomic E-state index is 0.280. The summed E-state index contributed by atoms with van der Waals surface area (Å²) in [6.45, 7) is 1.72. The Hall–Kier alpha value is -2.67. The Labute approximate surface area is 147 Å². The third-order valence-corrected chi connectivity index (χ3v) is 4.98. The Morgan fingerprint density at radius 1 is 1.16 bits per heavy atom. The molecule has 4 aromatic rings. The van der Waals surface area contributed by atoms with Gasteiger partial charge in [-0.2, -0.15) is 4.98 Å². The van der Waals surface area contributed by atoms with Crippen molar-refractivity contribution in [3.8, 4) is 11.4 Å². The smallest absolute Gasteiger partial charge is 0.237 e. The molecule has 2 heterocycles. The lowest BCUT2D eigenvalue weighted by Gasteiger charge is -1.99. The lowest BCUT2D eigenvalue weighted by atomic mass is 10.1. The SMILES string of the molecule is Cc1ccc(-c2noc(CSc3nc4ccccc4n3C)n2)cc1F. The average Bonchev–Trinajstić information content (AvgIpc) is 3.21. The normalized spacial score (nSPS) is 11.3. The van der Waals surface area contributed by atoms with Crippen molar-refractivity contribution >= 4 is 22.8 Å². The van der Waals surface area contributed by atoms with Gasteiger partial charge in [0.25, 0.3) is 0 Å². The van der Waals surface area contributed by atoms with Crippen molar-refractivity contribution < 1.29 is 8.91 Å². The maximum Gasteiger partial charge on any atom is 0.237 e. The molecule has 0 atom stereocenters. The fourth-order valence-electron chi connectivity index (χ4n) is 2.54. The highest BCUT2D eigenvalue weighted by atomic mass is 32.2. The number of hydrogen-bond donors (Lipinski definition) is 0. The lowest BCUT2D eigenvalue weighted by molar-refractivity contribution is 0.391. The Kier molecular flexibility index (Phi) is 4.01. The van der Waals surface area contributed by atoms with Crippen LogP contribution in [0, 0.1) is 12.7 Å². The summed E-state index contributed by atoms with van der Waals surface area (Å²) in [5, 5.41) is 4.82. The van der Waals surface area contributed by atoms with Crippen LogP contribution in [0.4, 0.5) is 4.39 Å². The van der Waals surface area contributed by atoms with Crippen LogP contribution in [0.15, 0.2) is 52.1 Å². The molecule has 2 aromatic heterocycles. The van der Waals surface area contributed by atoms with Crippen LogP contribution < -0.4 is 0 Å². The highest BCUT2D eigenvalue weighted by Gasteiger charge is 2.13. The molecule has 126 valence electrons. The molecule has 5 nitrogen and oxygen atoms in total. The van der Waals surface area contributed by atoms with Crippen molar-refractivity contribution in [1.29, 1.82) is 0 Å². The zero-order chi connectivity index (χ0) is 17.4. The largest absolute Gasteiger partial charge is 0.338 e. The number of benzene rings is 2. The summed E-state index contributed by atoms with van der Waals surface area (Å²) >= 11 is 1.52. The molecular formula is C18H15FN4OS. The van der Waals surface area contributed by atoms with Gasteiger partial charge < -0.3 is 9.09 Å². The Balaban J connectivity index is 1.52. The minimum Gasteiger partial charge on any atom is -0.338 e. The predicted molar refractivity (Wildman–Crippen MR) is 94.7 cm³/mol. The number of fused-ring (bicyclic) bond motifs is 1. The van der Waals surface area contributed by atoms with Crippen LogP contribution in [0.2, 0.25) is 0 Å². The van der Waals surface area contributed by atoms with Gasteiger partial charge in [0.2, 0.25) is 11.7 Å². The van der Waals surface area contributed by atoms with Crippen molar-refractivity contribution in [3.05, 3.63) is 59.7 Å². The molecule has 0 fully saturated rings. The van der Waals surface area contributed by atoms with Crippen molar-refractivity contribution in [2.75, 3.05) is 0 Å². The highest BCUT2D eigenvalue weighted by Crippen LogP contribution is 2.26. The topological polar surface area (TPSA) is 56.7 Å². The van der Waals surface area contributed by atoms with Crippen LogP contribution in [-0.4, -0.2) is 19.7 Å². The summed E-state index contributed by atoms with van der Waals surface area (Å²) < 4.78 is 21.0. The monoisotopic (exact) mass is 354 g/mol. The van der Waals surface area contributed by atoms with Gasteiger partial charge in [-0.1, -0.05) is 41.2 Å². The molecule has 2 aromatic carbocycles. The van der Waals surface area contributed by atoms with E-state index >= 15 is 0 Å². The van der Waals surface area contributed by atoms with E-state index in [0.717, 1.165) is 16.2 Å². The Morgan fingerprint density at radius 2 is 2.00 bits per heavy atom. The third kappa shape index (κ3) is 3.02. The summed E-state index contributed by atoms with van der Waals surface area (Å²) in [4.78, 5) is 8.95. The highest BCUT2D eigenvalue weighted by molar-refractivity contribution is 7.98. The number of hydrogen-bond acceptors (Lipinski definition) is 5. The van der Waals surface area contributed by atoms with Crippen molar-refractivity contribution in [1.82, 2.24) is 19.7 Å². The number of rotatable bonds is 4. The maximum atomic E-state index is 13.7. The molecular weight excluding hydrogens is 339 g/mol. The molecule has 0 N–H and O–H groups in total. The molecule has 0 bridgehead atoms. The lowest BCUT2D eigenvalue weighted by Crippen LogP contribution is -1.91. The van der Waals surface area contributed by atoms with Crippen LogP contribution >= 0.6 is 11.8 Å². The van der Waals surface area contributed by atoms with Gasteiger partial charge in [-0.25, -0.2) is 9.37 Å². The number of thioether (sulfide) groups is 1. The third-order valence-electron chi connectivity index (χ3n) is 3.97. The van der Waals surface area contributed by atoms with E-state index in [1.807, 2.05) is 35.9 Å². The molecule has 0 amide bonds. The van der Waals surface area contributed by atoms with Crippen molar-refractivity contribution in [3.63, 3.8) is 0 Å². The van der Waals surface area contributed by atoms with Gasteiger partial charge in [-0.15, -0.1) is 0 Å². The number of aromatic nitrogens is 4. The first-order chi connectivity index (χ1) is 12.1. The maximum absolute atomic E-state index is 13.7. The summed E-state index contributed by atoms with van der Waals surface area (Å²) in [6.07, 6.45) is 0. The van der Waals surface area contributed by atoms with Gasteiger partial charge in [0.15, 0.2) is 5.16 Å². The number of aryl methyl sites for hydroxylation is 2. The van der Waals surface area contributed by atoms with Crippen LogP contribution in [0.1, 0.15) is 11.5 Å². The summed E-state index contributed by atoms with van der Waals surface area (Å²) in [7, 11) is 1.98. The number of para-hydroxylation sites is 2. The second-order valence-electron chi connectivity index (χ2n) is 5.71. The van der Waals surface area contributed by atoms with Gasteiger partial charge in [0.1, 0.15) is 5.82 Å². The summed E-state index contributed by atoms with van der Waals surface area (Å²) in [5.74, 6) is 1.09. The zero-order valence-corrected chi connectivity index (χ0v) is 14.5. The van der Waals surface area contributed by atoms with Gasteiger partial charge >= 0.3 is 0 Å². The van der Waals surface area contributed by atoms with E-state index in [1.54, 1.807) is 19.1 Å². The van der Waals surface area contributed by atoms with E-state index in [2.05, 4.69) is 15.1 Å². The number of imidazole rings is 1. The second kappa shape index (κ2) is 6.33. The number of halogens is 1. The molecule has 0 spiro atoms. The van der Waals surface area contributed by atoms with Gasteiger partial charge in [-0.3, -0.25) is 0 Å². The predicted octanol–water partition coefficient (Wildman–Crippen LogP) is 4.36. The van der Waals surface area contributed by atoms with Crippen molar-refractivity contribution in [2.24, 2.45) is 7.05 Å². The van der Waals surface area contributed by atoms with E-state index in [4.69, 9.17) is 4.52 Å². The standard InChI is InChI=1S/C18H15FN4OS/c1-11-7-8-12(9-13(11)19)17-21-16(24-22-17)10-25-18-20-14-5-3-4-6-15(14)23(18)2/h3-9H,10H2,1-2H3. The molecule has 0 saturated carbocycles. The average molecular weight is 354 g/mol. The van der Waals surface area contributed by atoms with Gasteiger partial charge in [0.05, 0.1) is 16.8 Å². The van der Waals surface area contributed by atoms with E-state index in [9.17, 15) is 4.39 Å². The molecule has 0 unspecified atom stereocenters. The first-order valence-corrected chi connectivity index (χ1v) is 8.74. The Morgan fingerprint density at radius 3 is 2.80 bits per heavy atom. The molecule has 0 saturated heterocycles. The first kappa shape index (κ1) is 15.8. The molecule has 0 aliphatic heterocycles. The van der Waals surface area contributed by atoms with Gasteiger partial charge in [-0.05, 0) is 30.7 Å². The second-order valence-corrected chi connectivity index (χ2v) is 6.65. The van der Waals surface area contributed by atoms with E-state index in [0.29, 0.717) is 28.6 Å². The molecule has 0 aliphatic carbocycles. The molecule has 4 rings (SSSR count). The van der Waals surface area contributed by atoms with Gasteiger partial charge in [0, 0.05) is 12.6 Å². The van der Waals surface area contributed by atoms with E-state index in [1.165, 1.54) is 17.8 Å². The molecule has 0 radical (unpaired) electrons. The van der Waals surface area contributed by atoms with E-state index < -0.39 is 0 Å². The first-order valence-electron chi connectivity index (χ1n) is 7.75. The summed E-state index contributed by atoms with van der Waals surface area (Å²) in [6, 6.07) is 12.9. The van der Waals surface area contributed by atoms with E-state index in [-0.39, 0.29) is 5.82 Å². The van der Waals surface area contributed by atoms with Crippen LogP contribution in [0.3, 0.4) is 0 Å². The van der Waals surface area contributed by atoms with Crippen LogP contribution in [-0.2, 0) is 12.8 Å². The minimum atomic E-state index is -0.280. The fourth-order valence-corrected chi connectivity index (χ4v) is 3.37.